The van der Waals surface area contributed by atoms with Gasteiger partial charge in [-0.1, -0.05) is 121 Å². The fraction of sp³-hybridized carbons (Fsp3) is 0.833. The monoisotopic (exact) mass is 701 g/mol. The third-order valence-electron chi connectivity index (χ3n) is 13.9. The molecule has 3 rings (SSSR count). The smallest absolute Gasteiger partial charge is 0.303 e. The molecule has 3 fully saturated rings. The number of aliphatic carboxylic acids is 1. The van der Waals surface area contributed by atoms with E-state index in [4.69, 9.17) is 15.4 Å². The first-order chi connectivity index (χ1) is 22.2. The molecule has 0 spiro atoms. The minimum atomic E-state index is -2.14. The van der Waals surface area contributed by atoms with Crippen molar-refractivity contribution < 1.29 is 18.8 Å². The largest absolute Gasteiger partial charge is 0.481 e. The molecular weight excluding hydrogens is 625 g/mol. The first-order valence-electron chi connectivity index (χ1n) is 19.9. The second kappa shape index (κ2) is 16.6. The molecule has 0 aromatic rings. The lowest BCUT2D eigenvalue weighted by atomic mass is 9.60. The van der Waals surface area contributed by atoms with Crippen LogP contribution in [0.25, 0.3) is 0 Å². The number of rotatable bonds is 15. The van der Waals surface area contributed by atoms with Crippen molar-refractivity contribution in [2.24, 2.45) is 23.2 Å². The zero-order valence-electron chi connectivity index (χ0n) is 33.7. The molecule has 3 aliphatic carbocycles. The molecule has 0 saturated heterocycles. The summed E-state index contributed by atoms with van der Waals surface area (Å²) in [7, 11) is -4.23. The lowest BCUT2D eigenvalue weighted by molar-refractivity contribution is -0.137. The fourth-order valence-electron chi connectivity index (χ4n) is 11.8. The van der Waals surface area contributed by atoms with Gasteiger partial charge in [0.15, 0.2) is 0 Å². The first kappa shape index (κ1) is 41.5. The first-order valence-corrected chi connectivity index (χ1v) is 24.2. The molecule has 0 aliphatic heterocycles. The van der Waals surface area contributed by atoms with Crippen molar-refractivity contribution in [2.75, 3.05) is 0 Å². The average molecular weight is 701 g/mol. The number of carboxylic acid groups (broad SMARTS) is 1. The molecule has 0 bridgehead atoms. The van der Waals surface area contributed by atoms with Crippen LogP contribution < -0.4 is 0 Å². The molecule has 48 heavy (non-hydrogen) atoms. The maximum Gasteiger partial charge on any atom is 0.303 e. The zero-order valence-corrected chi connectivity index (χ0v) is 35.7. The van der Waals surface area contributed by atoms with Crippen LogP contribution in [-0.4, -0.2) is 39.9 Å². The van der Waals surface area contributed by atoms with E-state index < -0.39 is 22.6 Å². The summed E-state index contributed by atoms with van der Waals surface area (Å²) in [5, 5.41) is 9.35. The summed E-state index contributed by atoms with van der Waals surface area (Å²) in [5.74, 6) is 0.963. The lowest BCUT2D eigenvalue weighted by Crippen LogP contribution is -2.54. The molecule has 0 radical (unpaired) electrons. The van der Waals surface area contributed by atoms with Gasteiger partial charge in [0.1, 0.15) is 0 Å². The van der Waals surface area contributed by atoms with Crippen LogP contribution in [0.4, 0.5) is 0 Å². The Balaban J connectivity index is 2.03. The summed E-state index contributed by atoms with van der Waals surface area (Å²) in [6.45, 7) is 38.3. The Bertz CT molecular complexity index is 1120. The zero-order chi connectivity index (χ0) is 36.4. The molecule has 0 unspecified atom stereocenters. The predicted molar refractivity (Wildman–Crippen MR) is 211 cm³/mol. The summed E-state index contributed by atoms with van der Waals surface area (Å²) in [6.07, 6.45) is 14.0. The van der Waals surface area contributed by atoms with Gasteiger partial charge < -0.3 is 14.0 Å². The number of carbonyl (C=O) groups is 1. The number of hydrogen-bond donors (Lipinski definition) is 1. The molecule has 1 N–H and O–H groups in total. The molecule has 4 nitrogen and oxygen atoms in total. The highest BCUT2D eigenvalue weighted by Crippen LogP contribution is 2.60. The Labute approximate surface area is 299 Å². The number of hydrogen-bond acceptors (Lipinski definition) is 3. The Morgan fingerprint density at radius 3 is 1.88 bits per heavy atom. The van der Waals surface area contributed by atoms with Gasteiger partial charge in [-0.25, -0.2) is 0 Å². The topological polar surface area (TPSA) is 55.8 Å². The van der Waals surface area contributed by atoms with E-state index in [0.717, 1.165) is 19.3 Å². The Kier molecular flexibility index (Phi) is 14.3. The normalized spacial score (nSPS) is 29.8. The average Bonchev–Trinajstić information content (AvgIpc) is 3.34. The second-order valence-electron chi connectivity index (χ2n) is 18.4. The molecule has 6 heteroatoms. The van der Waals surface area contributed by atoms with E-state index in [9.17, 15) is 9.90 Å². The molecule has 0 aromatic carbocycles. The highest BCUT2D eigenvalue weighted by atomic mass is 28.4. The molecule has 276 valence electrons. The van der Waals surface area contributed by atoms with Gasteiger partial charge in [-0.15, -0.1) is 0 Å². The Morgan fingerprint density at radius 2 is 1.38 bits per heavy atom. The Hall–Kier alpha value is -0.956. The van der Waals surface area contributed by atoms with E-state index in [1.165, 1.54) is 43.3 Å². The van der Waals surface area contributed by atoms with E-state index >= 15 is 0 Å². The van der Waals surface area contributed by atoms with Crippen molar-refractivity contribution in [1.82, 2.24) is 0 Å². The van der Waals surface area contributed by atoms with Crippen molar-refractivity contribution in [3.63, 3.8) is 0 Å². The molecule has 6 atom stereocenters. The Morgan fingerprint density at radius 1 is 0.854 bits per heavy atom. The van der Waals surface area contributed by atoms with Gasteiger partial charge in [0.25, 0.3) is 0 Å². The SMILES string of the molecule is C=C1/C(=C\C=C2CCC[C@]3(C)[C@@H]([C@H](C)CCC(=O)O)CC[C@@H]23)C[C@H](O[Si](C(C)C)(C(C)C)C(C)C)C[C@H]1O[Si](C(C)C)(C(C)C)C(C)C. The van der Waals surface area contributed by atoms with E-state index in [0.29, 0.717) is 51.0 Å². The van der Waals surface area contributed by atoms with Crippen LogP contribution >= 0.6 is 0 Å². The van der Waals surface area contributed by atoms with Gasteiger partial charge in [0.05, 0.1) is 12.2 Å². The minimum absolute atomic E-state index is 0.00646. The summed E-state index contributed by atoms with van der Waals surface area (Å²) in [4.78, 5) is 11.4. The van der Waals surface area contributed by atoms with Crippen molar-refractivity contribution in [3.05, 3.63) is 35.5 Å². The van der Waals surface area contributed by atoms with E-state index in [-0.39, 0.29) is 24.0 Å². The van der Waals surface area contributed by atoms with Crippen molar-refractivity contribution >= 4 is 22.6 Å². The molecule has 0 aromatic heterocycles. The van der Waals surface area contributed by atoms with Gasteiger partial charge in [0.2, 0.25) is 16.6 Å². The van der Waals surface area contributed by atoms with Crippen LogP contribution in [0.15, 0.2) is 35.5 Å². The molecule has 3 saturated carbocycles. The van der Waals surface area contributed by atoms with Crippen LogP contribution in [0, 0.1) is 23.2 Å². The maximum atomic E-state index is 11.4. The maximum absolute atomic E-state index is 11.4. The van der Waals surface area contributed by atoms with Gasteiger partial charge >= 0.3 is 5.97 Å². The second-order valence-corrected chi connectivity index (χ2v) is 29.2. The minimum Gasteiger partial charge on any atom is -0.481 e. The summed E-state index contributed by atoms with van der Waals surface area (Å²) >= 11 is 0. The van der Waals surface area contributed by atoms with Crippen molar-refractivity contribution in [2.45, 2.75) is 200 Å². The van der Waals surface area contributed by atoms with Crippen LogP contribution in [0.3, 0.4) is 0 Å². The summed E-state index contributed by atoms with van der Waals surface area (Å²) in [6, 6.07) is 0. The molecule has 0 amide bonds. The standard InChI is InChI=1S/C42H76O4Si2/c1-27(2)47(28(3)4,29(5)6)45-37-25-36(34(14)40(26-37)46-48(30(7)8,31(9)10)32(11)12)20-19-35-17-16-24-42(15)38(21-22-39(35)42)33(13)18-23-41(43)44/h19-20,27-33,37-40H,14,16-18,21-26H2,1-13,15H3,(H,43,44)/b35-19?,36-20-/t33-,37+,38-,39+,40-,42-/m1/s1. The third-order valence-corrected chi connectivity index (χ3v) is 26.2. The van der Waals surface area contributed by atoms with Crippen LogP contribution in [0.2, 0.25) is 33.2 Å². The van der Waals surface area contributed by atoms with Crippen molar-refractivity contribution in [3.8, 4) is 0 Å². The van der Waals surface area contributed by atoms with Crippen LogP contribution in [-0.2, 0) is 13.6 Å². The molecule has 3 aliphatic rings. The lowest BCUT2D eigenvalue weighted by Gasteiger charge is -2.49. The molecular formula is C42H76O4Si2. The highest BCUT2D eigenvalue weighted by Gasteiger charge is 2.52. The van der Waals surface area contributed by atoms with Gasteiger partial charge in [-0.05, 0) is 113 Å². The number of fused-ring (bicyclic) bond motifs is 1. The van der Waals surface area contributed by atoms with E-state index in [2.05, 4.69) is 109 Å². The summed E-state index contributed by atoms with van der Waals surface area (Å²) in [5.41, 5.74) is 7.55. The fourth-order valence-corrected chi connectivity index (χ4v) is 22.9. The summed E-state index contributed by atoms with van der Waals surface area (Å²) < 4.78 is 15.1. The molecule has 0 heterocycles. The van der Waals surface area contributed by atoms with Crippen molar-refractivity contribution in [1.29, 1.82) is 0 Å². The van der Waals surface area contributed by atoms with Gasteiger partial charge in [-0.2, -0.15) is 0 Å². The van der Waals surface area contributed by atoms with E-state index in [1.54, 1.807) is 5.57 Å². The van der Waals surface area contributed by atoms with E-state index in [1.807, 2.05) is 0 Å². The third kappa shape index (κ3) is 8.23. The number of carboxylic acids is 1. The number of allylic oxidation sites excluding steroid dienone is 3. The predicted octanol–water partition coefficient (Wildman–Crippen LogP) is 13.0. The van der Waals surface area contributed by atoms with Gasteiger partial charge in [0, 0.05) is 12.8 Å². The van der Waals surface area contributed by atoms with Gasteiger partial charge in [-0.3, -0.25) is 4.79 Å². The van der Waals surface area contributed by atoms with Crippen LogP contribution in [0.1, 0.15) is 155 Å². The quantitative estimate of drug-likeness (QED) is 0.173. The highest BCUT2D eigenvalue weighted by molar-refractivity contribution is 6.78. The van der Waals surface area contributed by atoms with Crippen LogP contribution in [0.5, 0.6) is 0 Å².